The molecular weight excluding hydrogens is 396 g/mol. The van der Waals surface area contributed by atoms with E-state index in [4.69, 9.17) is 16.7 Å². The van der Waals surface area contributed by atoms with E-state index < -0.39 is 5.97 Å². The summed E-state index contributed by atoms with van der Waals surface area (Å²) in [6, 6.07) is 16.1. The van der Waals surface area contributed by atoms with Crippen LogP contribution in [0.1, 0.15) is 21.5 Å². The summed E-state index contributed by atoms with van der Waals surface area (Å²) in [5.74, 6) is -1.45. The molecule has 0 saturated heterocycles. The fourth-order valence-electron chi connectivity index (χ4n) is 3.25. The van der Waals surface area contributed by atoms with Crippen LogP contribution in [0, 0.1) is 11.3 Å². The molecule has 1 aliphatic carbocycles. The highest BCUT2D eigenvalue weighted by Gasteiger charge is 2.34. The molecule has 0 radical (unpaired) electrons. The molecule has 4 rings (SSSR count). The van der Waals surface area contributed by atoms with Gasteiger partial charge in [-0.1, -0.05) is 59.8 Å². The number of hydrogen-bond donors (Lipinski definition) is 1. The summed E-state index contributed by atoms with van der Waals surface area (Å²) in [5, 5.41) is 19.7. The van der Waals surface area contributed by atoms with Crippen LogP contribution in [0.4, 0.5) is 0 Å². The van der Waals surface area contributed by atoms with Gasteiger partial charge < -0.3 is 5.11 Å². The number of thioether (sulfide) groups is 1. The van der Waals surface area contributed by atoms with Gasteiger partial charge in [-0.15, -0.1) is 0 Å². The minimum atomic E-state index is -1.01. The number of carbonyl (C=O) groups is 2. The second kappa shape index (κ2) is 7.12. The molecule has 0 atom stereocenters. The lowest BCUT2D eigenvalue weighted by molar-refractivity contribution is -0.133. The Bertz CT molecular complexity index is 1180. The first-order chi connectivity index (χ1) is 13.5. The molecule has 0 spiro atoms. The highest BCUT2D eigenvalue weighted by Crippen LogP contribution is 2.44. The molecule has 1 aromatic heterocycles. The molecule has 7 heteroatoms. The van der Waals surface area contributed by atoms with Crippen LogP contribution in [0.2, 0.25) is 5.02 Å². The number of fused-ring (bicyclic) bond motifs is 3. The summed E-state index contributed by atoms with van der Waals surface area (Å²) in [6.07, 6.45) is 0. The fraction of sp³-hybridized carbons (Fsp3) is 0.0476. The molecule has 0 aliphatic heterocycles. The van der Waals surface area contributed by atoms with Gasteiger partial charge >= 0.3 is 5.97 Å². The number of carboxylic acids is 1. The normalized spacial score (nSPS) is 11.6. The van der Waals surface area contributed by atoms with Crippen LogP contribution in [-0.2, 0) is 4.79 Å². The van der Waals surface area contributed by atoms with Crippen LogP contribution in [0.5, 0.6) is 0 Å². The maximum atomic E-state index is 13.1. The average Bonchev–Trinajstić information content (AvgIpc) is 2.98. The van der Waals surface area contributed by atoms with Gasteiger partial charge in [0.1, 0.15) is 11.1 Å². The Hall–Kier alpha value is -3.14. The highest BCUT2D eigenvalue weighted by atomic mass is 35.5. The van der Waals surface area contributed by atoms with Crippen LogP contribution in [0.15, 0.2) is 53.6 Å². The summed E-state index contributed by atoms with van der Waals surface area (Å²) < 4.78 is 0. The number of carbonyl (C=O) groups excluding carboxylic acids is 1. The first-order valence-corrected chi connectivity index (χ1v) is 9.60. The van der Waals surface area contributed by atoms with Gasteiger partial charge in [-0.25, -0.2) is 4.98 Å². The molecule has 5 nitrogen and oxygen atoms in total. The number of benzene rings is 2. The van der Waals surface area contributed by atoms with Crippen LogP contribution in [-0.4, -0.2) is 27.6 Å². The Morgan fingerprint density at radius 1 is 1.11 bits per heavy atom. The molecule has 1 heterocycles. The third kappa shape index (κ3) is 2.95. The van der Waals surface area contributed by atoms with Gasteiger partial charge in [-0.2, -0.15) is 5.26 Å². The smallest absolute Gasteiger partial charge is 0.313 e. The van der Waals surface area contributed by atoms with E-state index in [1.165, 1.54) is 0 Å². The van der Waals surface area contributed by atoms with Gasteiger partial charge in [-0.05, 0) is 17.7 Å². The van der Waals surface area contributed by atoms with E-state index in [1.54, 1.807) is 42.5 Å². The zero-order chi connectivity index (χ0) is 19.8. The lowest BCUT2D eigenvalue weighted by Gasteiger charge is -2.13. The Morgan fingerprint density at radius 2 is 1.79 bits per heavy atom. The molecule has 0 saturated carbocycles. The molecule has 0 amide bonds. The number of nitrogens with zero attached hydrogens (tertiary/aromatic N) is 2. The van der Waals surface area contributed by atoms with Gasteiger partial charge in [-0.3, -0.25) is 9.59 Å². The van der Waals surface area contributed by atoms with Crippen molar-refractivity contribution in [3.05, 3.63) is 70.2 Å². The van der Waals surface area contributed by atoms with E-state index in [2.05, 4.69) is 11.1 Å². The highest BCUT2D eigenvalue weighted by molar-refractivity contribution is 7.99. The first-order valence-electron chi connectivity index (χ1n) is 8.24. The topological polar surface area (TPSA) is 91.1 Å². The Labute approximate surface area is 169 Å². The third-order valence-corrected chi connectivity index (χ3v) is 5.61. The molecule has 136 valence electrons. The Balaban J connectivity index is 2.05. The van der Waals surface area contributed by atoms with Crippen molar-refractivity contribution < 1.29 is 14.7 Å². The largest absolute Gasteiger partial charge is 0.481 e. The van der Waals surface area contributed by atoms with Gasteiger partial charge in [0.15, 0.2) is 5.78 Å². The summed E-state index contributed by atoms with van der Waals surface area (Å²) in [6.45, 7) is 0. The molecule has 2 aromatic carbocycles. The third-order valence-electron chi connectivity index (χ3n) is 4.39. The number of pyridine rings is 1. The SMILES string of the molecule is N#Cc1c(SCC(=O)O)nc2c(c1-c1ccc(Cl)cc1)C(=O)c1ccccc1-2. The van der Waals surface area contributed by atoms with Crippen LogP contribution < -0.4 is 0 Å². The summed E-state index contributed by atoms with van der Waals surface area (Å²) >= 11 is 6.96. The van der Waals surface area contributed by atoms with E-state index in [-0.39, 0.29) is 22.1 Å². The van der Waals surface area contributed by atoms with Crippen molar-refractivity contribution >= 4 is 35.1 Å². The first kappa shape index (κ1) is 18.2. The van der Waals surface area contributed by atoms with Crippen molar-refractivity contribution in [2.75, 3.05) is 5.75 Å². The summed E-state index contributed by atoms with van der Waals surface area (Å²) in [7, 11) is 0. The molecule has 0 bridgehead atoms. The molecular formula is C21H11ClN2O3S. The monoisotopic (exact) mass is 406 g/mol. The molecule has 3 aromatic rings. The Morgan fingerprint density at radius 3 is 2.43 bits per heavy atom. The van der Waals surface area contributed by atoms with E-state index in [1.807, 2.05) is 6.07 Å². The van der Waals surface area contributed by atoms with Gasteiger partial charge in [0.25, 0.3) is 0 Å². The lowest BCUT2D eigenvalue weighted by Crippen LogP contribution is -2.05. The number of halogens is 1. The van der Waals surface area contributed by atoms with Crippen molar-refractivity contribution in [2.45, 2.75) is 5.03 Å². The van der Waals surface area contributed by atoms with E-state index in [9.17, 15) is 14.9 Å². The second-order valence-electron chi connectivity index (χ2n) is 6.07. The predicted molar refractivity (Wildman–Crippen MR) is 107 cm³/mol. The van der Waals surface area contributed by atoms with Crippen LogP contribution in [0.3, 0.4) is 0 Å². The standard InChI is InChI=1S/C21H11ClN2O3S/c22-12-7-5-11(6-8-12)17-15(9-23)21(28-10-16(25)26)24-19-13-3-1-2-4-14(13)20(27)18(17)19/h1-8H,10H2,(H,25,26). The number of aromatic nitrogens is 1. The van der Waals surface area contributed by atoms with Crippen molar-refractivity contribution in [1.29, 1.82) is 5.26 Å². The number of carboxylic acid groups (broad SMARTS) is 1. The van der Waals surface area contributed by atoms with Crippen molar-refractivity contribution in [2.24, 2.45) is 0 Å². The van der Waals surface area contributed by atoms with E-state index in [0.717, 1.165) is 11.8 Å². The number of hydrogen-bond acceptors (Lipinski definition) is 5. The van der Waals surface area contributed by atoms with Gasteiger partial charge in [0.2, 0.25) is 0 Å². The number of ketones is 1. The molecule has 0 fully saturated rings. The number of aliphatic carboxylic acids is 1. The van der Waals surface area contributed by atoms with E-state index in [0.29, 0.717) is 38.5 Å². The van der Waals surface area contributed by atoms with Crippen molar-refractivity contribution in [3.63, 3.8) is 0 Å². The predicted octanol–water partition coefficient (Wildman–Crippen LogP) is 4.66. The van der Waals surface area contributed by atoms with Gasteiger partial charge in [0, 0.05) is 21.7 Å². The zero-order valence-corrected chi connectivity index (χ0v) is 15.8. The molecule has 1 aliphatic rings. The fourth-order valence-corrected chi connectivity index (χ4v) is 4.08. The maximum absolute atomic E-state index is 13.1. The quantitative estimate of drug-likeness (QED) is 0.495. The average molecular weight is 407 g/mol. The number of rotatable bonds is 4. The number of nitriles is 1. The van der Waals surface area contributed by atoms with Gasteiger partial charge in [0.05, 0.1) is 22.6 Å². The molecule has 0 unspecified atom stereocenters. The summed E-state index contributed by atoms with van der Waals surface area (Å²) in [5.41, 5.74) is 3.32. The minimum absolute atomic E-state index is 0.188. The second-order valence-corrected chi connectivity index (χ2v) is 7.47. The molecule has 1 N–H and O–H groups in total. The van der Waals surface area contributed by atoms with Crippen molar-refractivity contribution in [1.82, 2.24) is 4.98 Å². The van der Waals surface area contributed by atoms with Crippen LogP contribution in [0.25, 0.3) is 22.4 Å². The molecule has 28 heavy (non-hydrogen) atoms. The maximum Gasteiger partial charge on any atom is 0.313 e. The summed E-state index contributed by atoms with van der Waals surface area (Å²) in [4.78, 5) is 28.7. The zero-order valence-electron chi connectivity index (χ0n) is 14.3. The minimum Gasteiger partial charge on any atom is -0.481 e. The van der Waals surface area contributed by atoms with E-state index >= 15 is 0 Å². The Kier molecular flexibility index (Phi) is 4.63. The van der Waals surface area contributed by atoms with Crippen molar-refractivity contribution in [3.8, 4) is 28.5 Å². The lowest BCUT2D eigenvalue weighted by atomic mass is 9.94. The van der Waals surface area contributed by atoms with Crippen LogP contribution >= 0.6 is 23.4 Å².